The van der Waals surface area contributed by atoms with Gasteiger partial charge in [-0.05, 0) is 48.8 Å². The van der Waals surface area contributed by atoms with Crippen LogP contribution in [0.25, 0.3) is 0 Å². The maximum atomic E-state index is 13.8. The Bertz CT molecular complexity index is 1200. The summed E-state index contributed by atoms with van der Waals surface area (Å²) in [5, 5.41) is 3.63. The minimum atomic E-state index is -0.429. The molecular weight excluding hydrogens is 450 g/mol. The van der Waals surface area contributed by atoms with Gasteiger partial charge in [0.1, 0.15) is 5.75 Å². The number of anilines is 2. The highest BCUT2D eigenvalue weighted by atomic mass is 16.5. The smallest absolute Gasteiger partial charge is 0.242 e. The fourth-order valence-corrected chi connectivity index (χ4v) is 6.10. The van der Waals surface area contributed by atoms with Crippen molar-refractivity contribution in [3.63, 3.8) is 0 Å². The molecule has 1 aliphatic carbocycles. The third-order valence-corrected chi connectivity index (χ3v) is 7.75. The van der Waals surface area contributed by atoms with Crippen molar-refractivity contribution in [2.45, 2.75) is 52.5 Å². The van der Waals surface area contributed by atoms with Crippen LogP contribution in [0.2, 0.25) is 0 Å². The van der Waals surface area contributed by atoms with Crippen molar-refractivity contribution in [2.75, 3.05) is 37.0 Å². The number of benzene rings is 2. The number of likely N-dealkylation sites (tertiary alicyclic amines) is 1. The first kappa shape index (κ1) is 24.4. The lowest BCUT2D eigenvalue weighted by atomic mass is 9.73. The molecule has 1 saturated heterocycles. The number of para-hydroxylation sites is 3. The average molecular weight is 488 g/mol. The van der Waals surface area contributed by atoms with Gasteiger partial charge in [-0.1, -0.05) is 51.1 Å². The molecule has 2 heterocycles. The van der Waals surface area contributed by atoms with Gasteiger partial charge in [-0.3, -0.25) is 9.59 Å². The average Bonchev–Trinajstić information content (AvgIpc) is 2.97. The normalized spacial score (nSPS) is 23.4. The largest absolute Gasteiger partial charge is 0.496 e. The summed E-state index contributed by atoms with van der Waals surface area (Å²) in [5.41, 5.74) is 4.30. The minimum Gasteiger partial charge on any atom is -0.496 e. The van der Waals surface area contributed by atoms with Crippen molar-refractivity contribution < 1.29 is 14.3 Å². The van der Waals surface area contributed by atoms with E-state index in [1.165, 1.54) is 0 Å². The minimum absolute atomic E-state index is 0.101. The van der Waals surface area contributed by atoms with Crippen LogP contribution in [0.1, 0.15) is 58.1 Å². The summed E-state index contributed by atoms with van der Waals surface area (Å²) in [7, 11) is 1.66. The number of nitrogens with one attached hydrogen (secondary N) is 1. The lowest BCUT2D eigenvalue weighted by Crippen LogP contribution is -2.46. The van der Waals surface area contributed by atoms with Gasteiger partial charge in [-0.2, -0.15) is 0 Å². The monoisotopic (exact) mass is 487 g/mol. The lowest BCUT2D eigenvalue weighted by molar-refractivity contribution is -0.131. The number of rotatable bonds is 4. The van der Waals surface area contributed by atoms with E-state index in [1.54, 1.807) is 7.11 Å². The van der Waals surface area contributed by atoms with Gasteiger partial charge >= 0.3 is 0 Å². The number of Topliss-reactive ketones (excluding diaryl/α,β-unsaturated/α-hetero) is 1. The molecule has 190 valence electrons. The van der Waals surface area contributed by atoms with E-state index in [-0.39, 0.29) is 23.7 Å². The standard InChI is InChI=1S/C30H37N3O3/c1-20-10-9-15-32(18-20)27(35)19-33-24-13-7-6-12-22(24)31-23-16-30(2,3)17-25(34)28(23)29(33)21-11-5-8-14-26(21)36-4/h5-8,11-14,20,29,31H,9-10,15-19H2,1-4H3. The third kappa shape index (κ3) is 4.61. The van der Waals surface area contributed by atoms with Gasteiger partial charge < -0.3 is 19.9 Å². The predicted molar refractivity (Wildman–Crippen MR) is 143 cm³/mol. The van der Waals surface area contributed by atoms with Crippen LogP contribution in [0.3, 0.4) is 0 Å². The number of allylic oxidation sites excluding steroid dienone is 1. The number of carbonyl (C=O) groups excluding carboxylic acids is 2. The fraction of sp³-hybridized carbons (Fsp3) is 0.467. The number of hydrogen-bond acceptors (Lipinski definition) is 5. The summed E-state index contributed by atoms with van der Waals surface area (Å²) in [6.07, 6.45) is 3.43. The van der Waals surface area contributed by atoms with Crippen LogP contribution in [0.4, 0.5) is 11.4 Å². The molecule has 5 rings (SSSR count). The van der Waals surface area contributed by atoms with E-state index >= 15 is 0 Å². The molecule has 0 spiro atoms. The van der Waals surface area contributed by atoms with E-state index < -0.39 is 6.04 Å². The van der Waals surface area contributed by atoms with Gasteiger partial charge in [0.25, 0.3) is 0 Å². The summed E-state index contributed by atoms with van der Waals surface area (Å²) < 4.78 is 5.79. The first-order valence-electron chi connectivity index (χ1n) is 13.1. The van der Waals surface area contributed by atoms with Crippen molar-refractivity contribution in [3.05, 3.63) is 65.4 Å². The second-order valence-electron chi connectivity index (χ2n) is 11.3. The Morgan fingerprint density at radius 3 is 2.64 bits per heavy atom. The number of ketones is 1. The second kappa shape index (κ2) is 9.64. The zero-order chi connectivity index (χ0) is 25.4. The molecule has 6 nitrogen and oxygen atoms in total. The highest BCUT2D eigenvalue weighted by molar-refractivity contribution is 6.02. The van der Waals surface area contributed by atoms with Crippen molar-refractivity contribution >= 4 is 23.1 Å². The van der Waals surface area contributed by atoms with Crippen LogP contribution in [0, 0.1) is 11.3 Å². The van der Waals surface area contributed by atoms with E-state index in [0.29, 0.717) is 12.3 Å². The molecule has 6 heteroatoms. The number of ether oxygens (including phenoxy) is 1. The molecule has 2 atom stereocenters. The number of carbonyl (C=O) groups is 2. The first-order valence-corrected chi connectivity index (χ1v) is 13.1. The van der Waals surface area contributed by atoms with Crippen molar-refractivity contribution in [3.8, 4) is 5.75 Å². The van der Waals surface area contributed by atoms with Crippen molar-refractivity contribution in [1.29, 1.82) is 0 Å². The fourth-order valence-electron chi connectivity index (χ4n) is 6.10. The molecule has 3 aliphatic rings. The predicted octanol–water partition coefficient (Wildman–Crippen LogP) is 5.57. The summed E-state index contributed by atoms with van der Waals surface area (Å²) in [6.45, 7) is 8.27. The Morgan fingerprint density at radius 1 is 1.11 bits per heavy atom. The summed E-state index contributed by atoms with van der Waals surface area (Å²) in [5.74, 6) is 1.45. The quantitative estimate of drug-likeness (QED) is 0.611. The highest BCUT2D eigenvalue weighted by Gasteiger charge is 2.43. The molecule has 0 saturated carbocycles. The summed E-state index contributed by atoms with van der Waals surface area (Å²) in [4.78, 5) is 31.7. The van der Waals surface area contributed by atoms with Crippen LogP contribution in [0.15, 0.2) is 59.8 Å². The van der Waals surface area contributed by atoms with Gasteiger partial charge in [-0.15, -0.1) is 0 Å². The van der Waals surface area contributed by atoms with Crippen molar-refractivity contribution in [1.82, 2.24) is 4.90 Å². The Hall–Kier alpha value is -3.28. The second-order valence-corrected chi connectivity index (χ2v) is 11.3. The molecule has 36 heavy (non-hydrogen) atoms. The van der Waals surface area contributed by atoms with Crippen molar-refractivity contribution in [2.24, 2.45) is 11.3 Å². The van der Waals surface area contributed by atoms with E-state index in [4.69, 9.17) is 4.74 Å². The van der Waals surface area contributed by atoms with Gasteiger partial charge in [0.15, 0.2) is 5.78 Å². The van der Waals surface area contributed by atoms with Crippen LogP contribution >= 0.6 is 0 Å². The number of nitrogens with zero attached hydrogens (tertiary/aromatic N) is 2. The molecule has 0 radical (unpaired) electrons. The zero-order valence-corrected chi connectivity index (χ0v) is 21.8. The van der Waals surface area contributed by atoms with E-state index in [0.717, 1.165) is 66.3 Å². The molecule has 1 fully saturated rings. The van der Waals surface area contributed by atoms with E-state index in [1.807, 2.05) is 53.4 Å². The van der Waals surface area contributed by atoms with E-state index in [2.05, 4.69) is 31.0 Å². The number of hydrogen-bond donors (Lipinski definition) is 1. The summed E-state index contributed by atoms with van der Waals surface area (Å²) in [6, 6.07) is 15.5. The Balaban J connectivity index is 1.68. The molecule has 2 aliphatic heterocycles. The first-order chi connectivity index (χ1) is 17.3. The number of methoxy groups -OCH3 is 1. The van der Waals surface area contributed by atoms with E-state index in [9.17, 15) is 9.59 Å². The maximum absolute atomic E-state index is 13.8. The number of piperidine rings is 1. The highest BCUT2D eigenvalue weighted by Crippen LogP contribution is 2.49. The zero-order valence-electron chi connectivity index (χ0n) is 21.8. The molecule has 2 aromatic rings. The van der Waals surface area contributed by atoms with Crippen LogP contribution in [-0.2, 0) is 9.59 Å². The topological polar surface area (TPSA) is 61.9 Å². The summed E-state index contributed by atoms with van der Waals surface area (Å²) >= 11 is 0. The molecule has 0 aromatic heterocycles. The Morgan fingerprint density at radius 2 is 1.86 bits per heavy atom. The van der Waals surface area contributed by atoms with Gasteiger partial charge in [0.05, 0.1) is 31.1 Å². The van der Waals surface area contributed by atoms with Crippen LogP contribution in [-0.4, -0.2) is 43.3 Å². The molecule has 0 bridgehead atoms. The molecule has 1 N–H and O–H groups in total. The van der Waals surface area contributed by atoms with Crippen LogP contribution < -0.4 is 15.0 Å². The Labute approximate surface area is 214 Å². The van der Waals surface area contributed by atoms with Gasteiger partial charge in [-0.25, -0.2) is 0 Å². The third-order valence-electron chi connectivity index (χ3n) is 7.75. The lowest BCUT2D eigenvalue weighted by Gasteiger charge is -2.39. The van der Waals surface area contributed by atoms with Crippen LogP contribution in [0.5, 0.6) is 5.75 Å². The molecule has 1 amide bonds. The molecule has 2 aromatic carbocycles. The molecular formula is C30H37N3O3. The molecule has 2 unspecified atom stereocenters. The SMILES string of the molecule is COc1ccccc1C1C2=C(CC(C)(C)CC2=O)Nc2ccccc2N1CC(=O)N1CCCC(C)C1. The number of fused-ring (bicyclic) bond motifs is 1. The van der Waals surface area contributed by atoms with Gasteiger partial charge in [0.2, 0.25) is 5.91 Å². The maximum Gasteiger partial charge on any atom is 0.242 e. The number of amides is 1. The van der Waals surface area contributed by atoms with Gasteiger partial charge in [0, 0.05) is 36.3 Å². The Kier molecular flexibility index (Phi) is 6.54.